The maximum atomic E-state index is 11.4. The third-order valence-corrected chi connectivity index (χ3v) is 3.45. The zero-order chi connectivity index (χ0) is 14.3. The summed E-state index contributed by atoms with van der Waals surface area (Å²) in [5.41, 5.74) is 0. The highest BCUT2D eigenvalue weighted by Gasteiger charge is 2.02. The van der Waals surface area contributed by atoms with Crippen molar-refractivity contribution in [1.82, 2.24) is 5.32 Å². The number of nitrogens with one attached hydrogen (secondary N) is 1. The van der Waals surface area contributed by atoms with Crippen molar-refractivity contribution in [2.45, 2.75) is 91.4 Å². The molecule has 0 unspecified atom stereocenters. The van der Waals surface area contributed by atoms with E-state index < -0.39 is 0 Å². The standard InChI is InChI=1S/C17H35NO/c1-4-5-6-7-8-9-10-11-12-13-14-18-17(19)15-16(2)3/h16H,4-15H2,1-3H3,(H,18,19). The lowest BCUT2D eigenvalue weighted by Gasteiger charge is -2.07. The van der Waals surface area contributed by atoms with Crippen molar-refractivity contribution in [3.63, 3.8) is 0 Å². The molecule has 0 aliphatic rings. The first kappa shape index (κ1) is 18.5. The van der Waals surface area contributed by atoms with Crippen molar-refractivity contribution in [1.29, 1.82) is 0 Å². The molecule has 1 amide bonds. The van der Waals surface area contributed by atoms with Gasteiger partial charge in [0.05, 0.1) is 0 Å². The Kier molecular flexibility index (Phi) is 13.5. The number of carbonyl (C=O) groups is 1. The summed E-state index contributed by atoms with van der Waals surface area (Å²) >= 11 is 0. The smallest absolute Gasteiger partial charge is 0.220 e. The van der Waals surface area contributed by atoms with Gasteiger partial charge in [-0.3, -0.25) is 4.79 Å². The van der Waals surface area contributed by atoms with Crippen molar-refractivity contribution >= 4 is 5.91 Å². The van der Waals surface area contributed by atoms with Crippen molar-refractivity contribution in [2.24, 2.45) is 5.92 Å². The van der Waals surface area contributed by atoms with Crippen LogP contribution in [-0.2, 0) is 4.79 Å². The molecule has 114 valence electrons. The first-order valence-electron chi connectivity index (χ1n) is 8.43. The minimum absolute atomic E-state index is 0.214. The topological polar surface area (TPSA) is 29.1 Å². The lowest BCUT2D eigenvalue weighted by Crippen LogP contribution is -2.25. The number of carbonyl (C=O) groups excluding carboxylic acids is 1. The molecule has 0 saturated heterocycles. The van der Waals surface area contributed by atoms with Crippen LogP contribution in [-0.4, -0.2) is 12.5 Å². The molecule has 0 aromatic carbocycles. The fourth-order valence-corrected chi connectivity index (χ4v) is 2.28. The molecule has 2 nitrogen and oxygen atoms in total. The second-order valence-electron chi connectivity index (χ2n) is 6.13. The number of unbranched alkanes of at least 4 members (excludes halogenated alkanes) is 9. The lowest BCUT2D eigenvalue weighted by atomic mass is 10.1. The van der Waals surface area contributed by atoms with E-state index in [9.17, 15) is 4.79 Å². The molecule has 0 aromatic rings. The molecule has 0 aromatic heterocycles. The lowest BCUT2D eigenvalue weighted by molar-refractivity contribution is -0.121. The molecule has 0 radical (unpaired) electrons. The first-order chi connectivity index (χ1) is 9.16. The Labute approximate surface area is 120 Å². The highest BCUT2D eigenvalue weighted by molar-refractivity contribution is 5.75. The summed E-state index contributed by atoms with van der Waals surface area (Å²) in [7, 11) is 0. The molecule has 2 heteroatoms. The Morgan fingerprint density at radius 2 is 1.32 bits per heavy atom. The molecule has 0 atom stereocenters. The van der Waals surface area contributed by atoms with Crippen LogP contribution in [0.3, 0.4) is 0 Å². The van der Waals surface area contributed by atoms with E-state index >= 15 is 0 Å². The average molecular weight is 269 g/mol. The van der Waals surface area contributed by atoms with Gasteiger partial charge in [-0.1, -0.05) is 78.6 Å². The highest BCUT2D eigenvalue weighted by atomic mass is 16.1. The second kappa shape index (κ2) is 13.9. The average Bonchev–Trinajstić information content (AvgIpc) is 2.35. The van der Waals surface area contributed by atoms with Crippen molar-refractivity contribution in [3.05, 3.63) is 0 Å². The maximum absolute atomic E-state index is 11.4. The molecular formula is C17H35NO. The fourth-order valence-electron chi connectivity index (χ4n) is 2.28. The largest absolute Gasteiger partial charge is 0.356 e. The number of amides is 1. The Morgan fingerprint density at radius 1 is 0.842 bits per heavy atom. The van der Waals surface area contributed by atoms with Gasteiger partial charge in [-0.25, -0.2) is 0 Å². The summed E-state index contributed by atoms with van der Waals surface area (Å²) in [6.45, 7) is 7.29. The molecule has 0 rings (SSSR count). The van der Waals surface area contributed by atoms with Crippen LogP contribution in [0.1, 0.15) is 91.4 Å². The van der Waals surface area contributed by atoms with E-state index in [1.165, 1.54) is 57.8 Å². The zero-order valence-electron chi connectivity index (χ0n) is 13.5. The van der Waals surface area contributed by atoms with Crippen LogP contribution >= 0.6 is 0 Å². The van der Waals surface area contributed by atoms with Crippen LogP contribution in [0, 0.1) is 5.92 Å². The van der Waals surface area contributed by atoms with Crippen LogP contribution in [0.4, 0.5) is 0 Å². The normalized spacial score (nSPS) is 10.9. The van der Waals surface area contributed by atoms with Gasteiger partial charge in [-0.2, -0.15) is 0 Å². The van der Waals surface area contributed by atoms with E-state index in [-0.39, 0.29) is 5.91 Å². The molecular weight excluding hydrogens is 234 g/mol. The summed E-state index contributed by atoms with van der Waals surface area (Å²) in [5, 5.41) is 3.00. The van der Waals surface area contributed by atoms with Gasteiger partial charge < -0.3 is 5.32 Å². The predicted octanol–water partition coefficient (Wildman–Crippen LogP) is 5.07. The van der Waals surface area contributed by atoms with Gasteiger partial charge in [-0.15, -0.1) is 0 Å². The number of hydrogen-bond donors (Lipinski definition) is 1. The van der Waals surface area contributed by atoms with Crippen LogP contribution in [0.5, 0.6) is 0 Å². The molecule has 0 heterocycles. The van der Waals surface area contributed by atoms with Crippen LogP contribution in [0.15, 0.2) is 0 Å². The summed E-state index contributed by atoms with van der Waals surface area (Å²) in [6, 6.07) is 0. The first-order valence-corrected chi connectivity index (χ1v) is 8.43. The minimum Gasteiger partial charge on any atom is -0.356 e. The quantitative estimate of drug-likeness (QED) is 0.465. The number of hydrogen-bond acceptors (Lipinski definition) is 1. The molecule has 0 aliphatic carbocycles. The van der Waals surface area contributed by atoms with Crippen LogP contribution in [0.2, 0.25) is 0 Å². The van der Waals surface area contributed by atoms with Crippen molar-refractivity contribution in [2.75, 3.05) is 6.54 Å². The van der Waals surface area contributed by atoms with E-state index in [1.807, 2.05) is 0 Å². The third kappa shape index (κ3) is 15.4. The van der Waals surface area contributed by atoms with Gasteiger partial charge in [-0.05, 0) is 12.3 Å². The molecule has 0 spiro atoms. The Hall–Kier alpha value is -0.530. The highest BCUT2D eigenvalue weighted by Crippen LogP contribution is 2.10. The second-order valence-corrected chi connectivity index (χ2v) is 6.13. The van der Waals surface area contributed by atoms with Gasteiger partial charge in [0.25, 0.3) is 0 Å². The minimum atomic E-state index is 0.214. The summed E-state index contributed by atoms with van der Waals surface area (Å²) in [4.78, 5) is 11.4. The molecule has 0 saturated carbocycles. The summed E-state index contributed by atoms with van der Waals surface area (Å²) < 4.78 is 0. The Balaban J connectivity index is 3.08. The van der Waals surface area contributed by atoms with E-state index in [0.29, 0.717) is 12.3 Å². The molecule has 0 bridgehead atoms. The van der Waals surface area contributed by atoms with Gasteiger partial charge in [0.15, 0.2) is 0 Å². The number of rotatable bonds is 13. The Bertz CT molecular complexity index is 201. The maximum Gasteiger partial charge on any atom is 0.220 e. The SMILES string of the molecule is CCCCCCCCCCCCNC(=O)CC(C)C. The third-order valence-electron chi connectivity index (χ3n) is 3.45. The molecule has 0 fully saturated rings. The van der Waals surface area contributed by atoms with Crippen molar-refractivity contribution < 1.29 is 4.79 Å². The van der Waals surface area contributed by atoms with Crippen LogP contribution < -0.4 is 5.32 Å². The fraction of sp³-hybridized carbons (Fsp3) is 0.941. The van der Waals surface area contributed by atoms with E-state index in [2.05, 4.69) is 26.1 Å². The van der Waals surface area contributed by atoms with E-state index in [0.717, 1.165) is 13.0 Å². The molecule has 1 N–H and O–H groups in total. The van der Waals surface area contributed by atoms with Crippen molar-refractivity contribution in [3.8, 4) is 0 Å². The van der Waals surface area contributed by atoms with E-state index in [1.54, 1.807) is 0 Å². The van der Waals surface area contributed by atoms with Gasteiger partial charge in [0.1, 0.15) is 0 Å². The van der Waals surface area contributed by atoms with Gasteiger partial charge >= 0.3 is 0 Å². The predicted molar refractivity (Wildman–Crippen MR) is 84.3 cm³/mol. The van der Waals surface area contributed by atoms with Gasteiger partial charge in [0.2, 0.25) is 5.91 Å². The molecule has 19 heavy (non-hydrogen) atoms. The van der Waals surface area contributed by atoms with Gasteiger partial charge in [0, 0.05) is 13.0 Å². The summed E-state index contributed by atoms with van der Waals surface area (Å²) in [6.07, 6.45) is 14.1. The zero-order valence-corrected chi connectivity index (χ0v) is 13.5. The van der Waals surface area contributed by atoms with E-state index in [4.69, 9.17) is 0 Å². The van der Waals surface area contributed by atoms with Crippen LogP contribution in [0.25, 0.3) is 0 Å². The molecule has 0 aliphatic heterocycles. The summed E-state index contributed by atoms with van der Waals surface area (Å²) in [5.74, 6) is 0.679. The monoisotopic (exact) mass is 269 g/mol. The Morgan fingerprint density at radius 3 is 1.79 bits per heavy atom.